The van der Waals surface area contributed by atoms with Crippen LogP contribution in [0.4, 0.5) is 10.5 Å². The van der Waals surface area contributed by atoms with Gasteiger partial charge in [-0.25, -0.2) is 14.5 Å². The second-order valence-corrected chi connectivity index (χ2v) is 9.79. The molecule has 1 aliphatic heterocycles. The molecule has 188 valence electrons. The van der Waals surface area contributed by atoms with Crippen molar-refractivity contribution in [1.82, 2.24) is 5.32 Å². The number of carbonyl (C=O) groups is 4. The van der Waals surface area contributed by atoms with E-state index in [-0.39, 0.29) is 17.7 Å². The Bertz CT molecular complexity index is 1410. The van der Waals surface area contributed by atoms with E-state index in [1.165, 1.54) is 18.2 Å². The van der Waals surface area contributed by atoms with Crippen LogP contribution in [0, 0.1) is 0 Å². The van der Waals surface area contributed by atoms with Crippen LogP contribution in [0.15, 0.2) is 75.2 Å². The molecule has 0 spiro atoms. The van der Waals surface area contributed by atoms with Gasteiger partial charge in [0.05, 0.1) is 20.2 Å². The summed E-state index contributed by atoms with van der Waals surface area (Å²) in [5.74, 6) is -2.03. The predicted molar refractivity (Wildman–Crippen MR) is 144 cm³/mol. The Kier molecular flexibility index (Phi) is 7.89. The van der Waals surface area contributed by atoms with Crippen LogP contribution in [0.5, 0.6) is 5.75 Å². The largest absolute Gasteiger partial charge is 0.487 e. The average molecular weight is 628 g/mol. The van der Waals surface area contributed by atoms with Crippen LogP contribution in [-0.2, 0) is 22.6 Å². The smallest absolute Gasteiger partial charge is 0.335 e. The maximum atomic E-state index is 13.2. The summed E-state index contributed by atoms with van der Waals surface area (Å²) in [4.78, 5) is 50.1. The number of halogens is 2. The fraction of sp³-hybridized carbons (Fsp3) is 0.111. The third-order valence-corrected chi connectivity index (χ3v) is 6.80. The first kappa shape index (κ1) is 26.3. The Morgan fingerprint density at radius 2 is 1.57 bits per heavy atom. The highest BCUT2D eigenvalue weighted by molar-refractivity contribution is 9.11. The van der Waals surface area contributed by atoms with Crippen molar-refractivity contribution in [1.29, 1.82) is 0 Å². The van der Waals surface area contributed by atoms with Crippen molar-refractivity contribution in [3.05, 3.63) is 97.4 Å². The Labute approximate surface area is 229 Å². The van der Waals surface area contributed by atoms with Crippen molar-refractivity contribution in [3.63, 3.8) is 0 Å². The molecule has 37 heavy (non-hydrogen) atoms. The van der Waals surface area contributed by atoms with Crippen LogP contribution >= 0.6 is 31.9 Å². The molecule has 1 saturated heterocycles. The molecule has 1 aliphatic rings. The molecule has 1 heterocycles. The maximum absolute atomic E-state index is 13.2. The fourth-order valence-corrected chi connectivity index (χ4v) is 5.09. The molecule has 3 aromatic carbocycles. The SMILES string of the molecule is CCc1ccc(N2C(=O)NC(=O)/C(=C/c3cc(Br)c(OCc4ccc(C(=O)O)cc4)c(Br)c3)C2=O)cc1. The van der Waals surface area contributed by atoms with E-state index < -0.39 is 23.8 Å². The molecule has 0 unspecified atom stereocenters. The van der Waals surface area contributed by atoms with Gasteiger partial charge in [-0.2, -0.15) is 0 Å². The Balaban J connectivity index is 1.56. The number of aryl methyl sites for hydroxylation is 1. The third kappa shape index (κ3) is 5.81. The number of urea groups is 1. The number of rotatable bonds is 7. The van der Waals surface area contributed by atoms with Crippen molar-refractivity contribution >= 4 is 67.4 Å². The number of carboxylic acid groups (broad SMARTS) is 1. The van der Waals surface area contributed by atoms with Crippen molar-refractivity contribution in [2.45, 2.75) is 20.0 Å². The summed E-state index contributed by atoms with van der Waals surface area (Å²) in [6, 6.07) is 15.9. The highest BCUT2D eigenvalue weighted by Gasteiger charge is 2.36. The molecule has 10 heteroatoms. The van der Waals surface area contributed by atoms with Gasteiger partial charge in [0.1, 0.15) is 17.9 Å². The number of benzene rings is 3. The van der Waals surface area contributed by atoms with Gasteiger partial charge in [0.2, 0.25) is 0 Å². The first-order valence-electron chi connectivity index (χ1n) is 11.1. The maximum Gasteiger partial charge on any atom is 0.335 e. The molecular weight excluding hydrogens is 608 g/mol. The zero-order valence-electron chi connectivity index (χ0n) is 19.5. The average Bonchev–Trinajstić information content (AvgIpc) is 2.86. The first-order chi connectivity index (χ1) is 17.7. The number of hydrogen-bond donors (Lipinski definition) is 2. The van der Waals surface area contributed by atoms with E-state index in [0.717, 1.165) is 22.4 Å². The summed E-state index contributed by atoms with van der Waals surface area (Å²) in [5.41, 5.74) is 2.70. The summed E-state index contributed by atoms with van der Waals surface area (Å²) in [7, 11) is 0. The number of nitrogens with zero attached hydrogens (tertiary/aromatic N) is 1. The molecular formula is C27H20Br2N2O6. The van der Waals surface area contributed by atoms with Crippen LogP contribution in [0.3, 0.4) is 0 Å². The minimum atomic E-state index is -1.00. The number of aromatic carboxylic acids is 1. The number of nitrogens with one attached hydrogen (secondary N) is 1. The number of carboxylic acids is 1. The van der Waals surface area contributed by atoms with Crippen molar-refractivity contribution in [3.8, 4) is 5.75 Å². The quantitative estimate of drug-likeness (QED) is 0.256. The van der Waals surface area contributed by atoms with Crippen molar-refractivity contribution in [2.24, 2.45) is 0 Å². The summed E-state index contributed by atoms with van der Waals surface area (Å²) < 4.78 is 7.00. The zero-order valence-corrected chi connectivity index (χ0v) is 22.6. The van der Waals surface area contributed by atoms with Crippen molar-refractivity contribution in [2.75, 3.05) is 4.90 Å². The molecule has 0 aromatic heterocycles. The van der Waals surface area contributed by atoms with E-state index in [9.17, 15) is 19.2 Å². The van der Waals surface area contributed by atoms with E-state index in [1.54, 1.807) is 36.4 Å². The van der Waals surface area contributed by atoms with Gasteiger partial charge in [-0.15, -0.1) is 0 Å². The van der Waals surface area contributed by atoms with Crippen molar-refractivity contribution < 1.29 is 29.0 Å². The Morgan fingerprint density at radius 3 is 2.14 bits per heavy atom. The second kappa shape index (κ2) is 11.1. The van der Waals surface area contributed by atoms with Gasteiger partial charge in [0.15, 0.2) is 0 Å². The lowest BCUT2D eigenvalue weighted by molar-refractivity contribution is -0.122. The lowest BCUT2D eigenvalue weighted by atomic mass is 10.1. The molecule has 0 bridgehead atoms. The number of imide groups is 2. The molecule has 4 rings (SSSR count). The zero-order chi connectivity index (χ0) is 26.7. The number of carbonyl (C=O) groups excluding carboxylic acids is 3. The van der Waals surface area contributed by atoms with Gasteiger partial charge in [-0.1, -0.05) is 31.2 Å². The lowest BCUT2D eigenvalue weighted by Crippen LogP contribution is -2.54. The highest BCUT2D eigenvalue weighted by atomic mass is 79.9. The van der Waals surface area contributed by atoms with E-state index in [1.807, 2.05) is 19.1 Å². The predicted octanol–water partition coefficient (Wildman–Crippen LogP) is 5.72. The summed E-state index contributed by atoms with van der Waals surface area (Å²) in [6.45, 7) is 2.19. The van der Waals surface area contributed by atoms with Gasteiger partial charge >= 0.3 is 12.0 Å². The van der Waals surface area contributed by atoms with E-state index in [4.69, 9.17) is 9.84 Å². The highest BCUT2D eigenvalue weighted by Crippen LogP contribution is 2.36. The second-order valence-electron chi connectivity index (χ2n) is 8.08. The topological polar surface area (TPSA) is 113 Å². The van der Waals surface area contributed by atoms with E-state index >= 15 is 0 Å². The number of amides is 4. The number of ether oxygens (including phenoxy) is 1. The Morgan fingerprint density at radius 1 is 0.973 bits per heavy atom. The number of hydrogen-bond acceptors (Lipinski definition) is 5. The minimum Gasteiger partial charge on any atom is -0.487 e. The summed E-state index contributed by atoms with van der Waals surface area (Å²) in [5, 5.41) is 11.2. The molecule has 4 amide bonds. The third-order valence-electron chi connectivity index (χ3n) is 5.62. The fourth-order valence-electron chi connectivity index (χ4n) is 3.64. The first-order valence-corrected chi connectivity index (χ1v) is 12.7. The monoisotopic (exact) mass is 626 g/mol. The van der Waals surface area contributed by atoms with Gasteiger partial charge in [0, 0.05) is 0 Å². The van der Waals surface area contributed by atoms with Gasteiger partial charge in [-0.05, 0) is 97.4 Å². The molecule has 8 nitrogen and oxygen atoms in total. The van der Waals surface area contributed by atoms with Crippen LogP contribution in [0.25, 0.3) is 6.08 Å². The molecule has 0 radical (unpaired) electrons. The summed E-state index contributed by atoms with van der Waals surface area (Å²) in [6.07, 6.45) is 2.21. The molecule has 0 aliphatic carbocycles. The van der Waals surface area contributed by atoms with Gasteiger partial charge in [0.25, 0.3) is 11.8 Å². The molecule has 1 fully saturated rings. The molecule has 2 N–H and O–H groups in total. The van der Waals surface area contributed by atoms with E-state index in [0.29, 0.717) is 25.9 Å². The molecule has 3 aromatic rings. The van der Waals surface area contributed by atoms with Crippen LogP contribution in [0.2, 0.25) is 0 Å². The van der Waals surface area contributed by atoms with E-state index in [2.05, 4.69) is 37.2 Å². The van der Waals surface area contributed by atoms with Crippen LogP contribution in [0.1, 0.15) is 34.0 Å². The molecule has 0 atom stereocenters. The minimum absolute atomic E-state index is 0.183. The lowest BCUT2D eigenvalue weighted by Gasteiger charge is -2.26. The van der Waals surface area contributed by atoms with Crippen LogP contribution in [-0.4, -0.2) is 28.9 Å². The normalized spacial score (nSPS) is 14.6. The number of barbiturate groups is 1. The molecule has 0 saturated carbocycles. The Hall–Kier alpha value is -3.76. The standard InChI is InChI=1S/C27H20Br2N2O6/c1-2-15-5-9-19(10-6-15)31-25(33)20(24(32)30-27(31)36)11-17-12-21(28)23(22(29)13-17)37-14-16-3-7-18(8-4-16)26(34)35/h3-13H,2,14H2,1H3,(H,34,35)(H,30,32,36)/b20-11-. The van der Waals surface area contributed by atoms with Crippen LogP contribution < -0.4 is 15.0 Å². The van der Waals surface area contributed by atoms with Gasteiger partial charge in [-0.3, -0.25) is 14.9 Å². The summed E-state index contributed by atoms with van der Waals surface area (Å²) >= 11 is 6.91. The van der Waals surface area contributed by atoms with Gasteiger partial charge < -0.3 is 9.84 Å². The number of anilines is 1.